The lowest BCUT2D eigenvalue weighted by Crippen LogP contribution is -2.42. The van der Waals surface area contributed by atoms with Crippen LogP contribution in [0.5, 0.6) is 0 Å². The first-order valence-corrected chi connectivity index (χ1v) is 8.59. The number of ether oxygens (including phenoxy) is 1. The van der Waals surface area contributed by atoms with Gasteiger partial charge in [-0.05, 0) is 32.0 Å². The molecule has 0 aromatic heterocycles. The summed E-state index contributed by atoms with van der Waals surface area (Å²) in [4.78, 5) is 37.5. The highest BCUT2D eigenvalue weighted by atomic mass is 32.2. The number of benzene rings is 1. The highest BCUT2D eigenvalue weighted by Crippen LogP contribution is 2.31. The SMILES string of the molecule is CCOC(=O)/C=C1\SCC(=O)N1[C@H](C)C(=O)Nc1cccc(C#N)c1. The van der Waals surface area contributed by atoms with Crippen molar-refractivity contribution in [2.75, 3.05) is 17.7 Å². The minimum Gasteiger partial charge on any atom is -0.463 e. The van der Waals surface area contributed by atoms with E-state index in [1.54, 1.807) is 38.1 Å². The highest BCUT2D eigenvalue weighted by molar-refractivity contribution is 8.04. The molecule has 0 bridgehead atoms. The topological polar surface area (TPSA) is 99.5 Å². The predicted molar refractivity (Wildman–Crippen MR) is 93.3 cm³/mol. The van der Waals surface area contributed by atoms with Crippen molar-refractivity contribution in [2.24, 2.45) is 0 Å². The molecule has 8 heteroatoms. The molecule has 1 fully saturated rings. The number of nitrogens with zero attached hydrogens (tertiary/aromatic N) is 2. The second kappa shape index (κ2) is 8.35. The van der Waals surface area contributed by atoms with Crippen LogP contribution in [0.2, 0.25) is 0 Å². The van der Waals surface area contributed by atoms with Crippen LogP contribution < -0.4 is 5.32 Å². The molecule has 7 nitrogen and oxygen atoms in total. The van der Waals surface area contributed by atoms with Crippen molar-refractivity contribution in [2.45, 2.75) is 19.9 Å². The quantitative estimate of drug-likeness (QED) is 0.636. The lowest BCUT2D eigenvalue weighted by molar-refractivity contribution is -0.137. The van der Waals surface area contributed by atoms with E-state index >= 15 is 0 Å². The largest absolute Gasteiger partial charge is 0.463 e. The van der Waals surface area contributed by atoms with Gasteiger partial charge < -0.3 is 10.1 Å². The average Bonchev–Trinajstić information content (AvgIpc) is 2.94. The van der Waals surface area contributed by atoms with Gasteiger partial charge in [-0.15, -0.1) is 0 Å². The molecule has 2 amide bonds. The van der Waals surface area contributed by atoms with Crippen LogP contribution >= 0.6 is 11.8 Å². The second-order valence-electron chi connectivity index (χ2n) is 5.14. The molecule has 1 aromatic carbocycles. The Kier molecular flexibility index (Phi) is 6.19. The lowest BCUT2D eigenvalue weighted by atomic mass is 10.2. The minimum absolute atomic E-state index is 0.159. The molecule has 0 radical (unpaired) electrons. The van der Waals surface area contributed by atoms with Crippen molar-refractivity contribution >= 4 is 35.2 Å². The standard InChI is InChI=1S/C17H17N3O4S/c1-3-24-16(22)8-15-20(14(21)10-25-15)11(2)17(23)19-13-6-4-5-12(7-13)9-18/h4-8,11H,3,10H2,1-2H3,(H,19,23)/b15-8-/t11-/m1/s1. The Balaban J connectivity index is 2.14. The smallest absolute Gasteiger partial charge is 0.333 e. The molecule has 1 N–H and O–H groups in total. The fraction of sp³-hybridized carbons (Fsp3) is 0.294. The molecule has 2 rings (SSSR count). The van der Waals surface area contributed by atoms with Crippen LogP contribution in [0.1, 0.15) is 19.4 Å². The van der Waals surface area contributed by atoms with Crippen LogP contribution in [-0.2, 0) is 19.1 Å². The van der Waals surface area contributed by atoms with Gasteiger partial charge in [-0.25, -0.2) is 4.79 Å². The van der Waals surface area contributed by atoms with E-state index in [1.807, 2.05) is 6.07 Å². The molecular weight excluding hydrogens is 342 g/mol. The van der Waals surface area contributed by atoms with Crippen molar-refractivity contribution < 1.29 is 19.1 Å². The maximum Gasteiger partial charge on any atom is 0.333 e. The van der Waals surface area contributed by atoms with E-state index in [4.69, 9.17) is 10.00 Å². The van der Waals surface area contributed by atoms with Gasteiger partial charge in [0.25, 0.3) is 0 Å². The number of anilines is 1. The number of esters is 1. The minimum atomic E-state index is -0.811. The second-order valence-corrected chi connectivity index (χ2v) is 6.14. The number of hydrogen-bond donors (Lipinski definition) is 1. The molecule has 0 aliphatic carbocycles. The fourth-order valence-electron chi connectivity index (χ4n) is 2.23. The third-order valence-corrected chi connectivity index (χ3v) is 4.41. The van der Waals surface area contributed by atoms with Gasteiger partial charge in [-0.3, -0.25) is 14.5 Å². The van der Waals surface area contributed by atoms with E-state index in [-0.39, 0.29) is 18.3 Å². The average molecular weight is 359 g/mol. The van der Waals surface area contributed by atoms with Gasteiger partial charge in [0.2, 0.25) is 11.8 Å². The number of rotatable bonds is 5. The summed E-state index contributed by atoms with van der Waals surface area (Å²) in [6.45, 7) is 3.49. The van der Waals surface area contributed by atoms with Crippen LogP contribution in [0.4, 0.5) is 5.69 Å². The first-order valence-electron chi connectivity index (χ1n) is 7.60. The maximum atomic E-state index is 12.5. The zero-order valence-corrected chi connectivity index (χ0v) is 14.6. The Morgan fingerprint density at radius 1 is 1.52 bits per heavy atom. The summed E-state index contributed by atoms with van der Waals surface area (Å²) in [6, 6.07) is 7.66. The first kappa shape index (κ1) is 18.5. The van der Waals surface area contributed by atoms with Crippen LogP contribution in [0.3, 0.4) is 0 Å². The van der Waals surface area contributed by atoms with E-state index < -0.39 is 17.9 Å². The molecule has 1 aliphatic rings. The molecule has 0 saturated carbocycles. The molecular formula is C17H17N3O4S. The Morgan fingerprint density at radius 2 is 2.28 bits per heavy atom. The third kappa shape index (κ3) is 4.61. The van der Waals surface area contributed by atoms with Gasteiger partial charge in [-0.2, -0.15) is 5.26 Å². The van der Waals surface area contributed by atoms with Gasteiger partial charge in [0.15, 0.2) is 0 Å². The predicted octanol–water partition coefficient (Wildman–Crippen LogP) is 1.87. The molecule has 130 valence electrons. The molecule has 1 saturated heterocycles. The number of carbonyl (C=O) groups is 3. The monoisotopic (exact) mass is 359 g/mol. The molecule has 0 spiro atoms. The summed E-state index contributed by atoms with van der Waals surface area (Å²) in [5.74, 6) is -1.07. The van der Waals surface area contributed by atoms with Crippen molar-refractivity contribution in [3.05, 3.63) is 40.9 Å². The zero-order chi connectivity index (χ0) is 18.4. The summed E-state index contributed by atoms with van der Waals surface area (Å²) in [7, 11) is 0. The lowest BCUT2D eigenvalue weighted by Gasteiger charge is -2.24. The Labute approximate surface area is 149 Å². The number of thioether (sulfide) groups is 1. The van der Waals surface area contributed by atoms with Crippen molar-refractivity contribution in [1.82, 2.24) is 4.90 Å². The van der Waals surface area contributed by atoms with Gasteiger partial charge in [0, 0.05) is 5.69 Å². The number of hydrogen-bond acceptors (Lipinski definition) is 6. The summed E-state index contributed by atoms with van der Waals surface area (Å²) >= 11 is 1.18. The zero-order valence-electron chi connectivity index (χ0n) is 13.8. The summed E-state index contributed by atoms with van der Waals surface area (Å²) < 4.78 is 4.85. The van der Waals surface area contributed by atoms with E-state index in [2.05, 4.69) is 5.32 Å². The van der Waals surface area contributed by atoms with Gasteiger partial charge in [-0.1, -0.05) is 17.8 Å². The van der Waals surface area contributed by atoms with E-state index in [1.165, 1.54) is 22.7 Å². The number of amides is 2. The Bertz CT molecular complexity index is 769. The molecule has 25 heavy (non-hydrogen) atoms. The highest BCUT2D eigenvalue weighted by Gasteiger charge is 2.34. The van der Waals surface area contributed by atoms with Gasteiger partial charge >= 0.3 is 5.97 Å². The maximum absolute atomic E-state index is 12.5. The number of nitriles is 1. The Hall–Kier alpha value is -2.79. The van der Waals surface area contributed by atoms with Crippen molar-refractivity contribution in [3.63, 3.8) is 0 Å². The molecule has 1 aliphatic heterocycles. The molecule has 1 atom stereocenters. The molecule has 1 aromatic rings. The van der Waals surface area contributed by atoms with E-state index in [0.29, 0.717) is 16.3 Å². The van der Waals surface area contributed by atoms with Crippen molar-refractivity contribution in [1.29, 1.82) is 5.26 Å². The summed E-state index contributed by atoms with van der Waals surface area (Å²) in [6.07, 6.45) is 1.22. The normalized spacial score (nSPS) is 16.4. The summed E-state index contributed by atoms with van der Waals surface area (Å²) in [5.41, 5.74) is 0.882. The summed E-state index contributed by atoms with van der Waals surface area (Å²) in [5, 5.41) is 12.0. The van der Waals surface area contributed by atoms with Crippen LogP contribution in [0.15, 0.2) is 35.4 Å². The van der Waals surface area contributed by atoms with Crippen LogP contribution in [-0.4, -0.2) is 41.1 Å². The number of nitrogens with one attached hydrogen (secondary N) is 1. The first-order chi connectivity index (χ1) is 12.0. The molecule has 1 heterocycles. The number of carbonyl (C=O) groups excluding carboxylic acids is 3. The van der Waals surface area contributed by atoms with E-state index in [0.717, 1.165) is 0 Å². The van der Waals surface area contributed by atoms with Crippen molar-refractivity contribution in [3.8, 4) is 6.07 Å². The van der Waals surface area contributed by atoms with Crippen LogP contribution in [0, 0.1) is 11.3 Å². The van der Waals surface area contributed by atoms with Gasteiger partial charge in [0.05, 0.1) is 35.1 Å². The van der Waals surface area contributed by atoms with E-state index in [9.17, 15) is 14.4 Å². The van der Waals surface area contributed by atoms with Gasteiger partial charge in [0.1, 0.15) is 6.04 Å². The Morgan fingerprint density at radius 3 is 2.96 bits per heavy atom. The molecule has 0 unspecified atom stereocenters. The third-order valence-electron chi connectivity index (χ3n) is 3.40. The van der Waals surface area contributed by atoms with Crippen LogP contribution in [0.25, 0.3) is 0 Å². The fourth-order valence-corrected chi connectivity index (χ4v) is 3.22.